The zero-order chi connectivity index (χ0) is 18.0. The Kier molecular flexibility index (Phi) is 5.27. The molecule has 1 unspecified atom stereocenters. The molecular formula is C20H23NO2S2. The van der Waals surface area contributed by atoms with Crippen LogP contribution in [0.1, 0.15) is 32.3 Å². The maximum Gasteiger partial charge on any atom is 0.213 e. The molecule has 0 aliphatic carbocycles. The number of hydrogen-bond donors (Lipinski definition) is 1. The Hall–Kier alpha value is -1.69. The molecule has 1 aromatic heterocycles. The summed E-state index contributed by atoms with van der Waals surface area (Å²) in [6, 6.07) is 19.0. The van der Waals surface area contributed by atoms with Gasteiger partial charge in [-0.05, 0) is 48.4 Å². The molecule has 1 atom stereocenters. The van der Waals surface area contributed by atoms with Crippen LogP contribution in [0.5, 0.6) is 0 Å². The third-order valence-electron chi connectivity index (χ3n) is 4.40. The van der Waals surface area contributed by atoms with Crippen LogP contribution in [0.25, 0.3) is 20.5 Å². The number of thiophene rings is 1. The predicted octanol–water partition coefficient (Wildman–Crippen LogP) is 5.00. The summed E-state index contributed by atoms with van der Waals surface area (Å²) in [5, 5.41) is 0.859. The fourth-order valence-corrected chi connectivity index (χ4v) is 4.51. The highest BCUT2D eigenvalue weighted by Crippen LogP contribution is 2.33. The highest BCUT2D eigenvalue weighted by Gasteiger charge is 2.17. The van der Waals surface area contributed by atoms with E-state index >= 15 is 0 Å². The van der Waals surface area contributed by atoms with Crippen LogP contribution in [0.3, 0.4) is 0 Å². The first kappa shape index (κ1) is 18.1. The molecule has 0 saturated carbocycles. The summed E-state index contributed by atoms with van der Waals surface area (Å²) in [4.78, 5) is 1.25. The molecule has 0 bridgehead atoms. The van der Waals surface area contributed by atoms with Crippen molar-refractivity contribution >= 4 is 31.4 Å². The van der Waals surface area contributed by atoms with Crippen molar-refractivity contribution in [3.05, 3.63) is 60.2 Å². The largest absolute Gasteiger partial charge is 0.214 e. The summed E-state index contributed by atoms with van der Waals surface area (Å²) in [7, 11) is -3.22. The van der Waals surface area contributed by atoms with Gasteiger partial charge in [-0.2, -0.15) is 0 Å². The molecule has 3 nitrogen and oxygen atoms in total. The molecular weight excluding hydrogens is 350 g/mol. The molecule has 0 spiro atoms. The van der Waals surface area contributed by atoms with Gasteiger partial charge in [-0.15, -0.1) is 11.3 Å². The van der Waals surface area contributed by atoms with Crippen LogP contribution < -0.4 is 4.72 Å². The first-order chi connectivity index (χ1) is 11.9. The van der Waals surface area contributed by atoms with Gasteiger partial charge in [-0.3, -0.25) is 0 Å². The molecule has 0 saturated heterocycles. The van der Waals surface area contributed by atoms with Crippen molar-refractivity contribution in [3.63, 3.8) is 0 Å². The number of fused-ring (bicyclic) bond motifs is 1. The Morgan fingerprint density at radius 1 is 1.00 bits per heavy atom. The fraction of sp³-hybridized carbons (Fsp3) is 0.300. The van der Waals surface area contributed by atoms with Gasteiger partial charge in [0.25, 0.3) is 0 Å². The van der Waals surface area contributed by atoms with Crippen LogP contribution in [0.2, 0.25) is 0 Å². The minimum Gasteiger partial charge on any atom is -0.214 e. The third-order valence-corrected chi connectivity index (χ3v) is 7.38. The molecule has 1 heterocycles. The van der Waals surface area contributed by atoms with Gasteiger partial charge in [-0.25, -0.2) is 13.1 Å². The number of rotatable bonds is 6. The molecule has 132 valence electrons. The van der Waals surface area contributed by atoms with E-state index in [9.17, 15) is 8.42 Å². The standard InChI is InChI=1S/C20H23NO2S2/c1-14(2)25(22,23)21-13-15(3)16-8-10-17(11-9-16)20-12-18-6-4-5-7-19(18)24-20/h4-12,14-15,21H,13H2,1-3H3. The summed E-state index contributed by atoms with van der Waals surface area (Å²) >= 11 is 1.79. The van der Waals surface area contributed by atoms with Crippen LogP contribution >= 0.6 is 11.3 Å². The highest BCUT2D eigenvalue weighted by atomic mass is 32.2. The van der Waals surface area contributed by atoms with E-state index in [0.717, 1.165) is 5.56 Å². The molecule has 5 heteroatoms. The highest BCUT2D eigenvalue weighted by molar-refractivity contribution is 7.90. The predicted molar refractivity (Wildman–Crippen MR) is 108 cm³/mol. The molecule has 0 aliphatic rings. The monoisotopic (exact) mass is 373 g/mol. The number of hydrogen-bond acceptors (Lipinski definition) is 3. The van der Waals surface area contributed by atoms with Crippen molar-refractivity contribution in [2.75, 3.05) is 6.54 Å². The van der Waals surface area contributed by atoms with Crippen LogP contribution in [-0.4, -0.2) is 20.2 Å². The van der Waals surface area contributed by atoms with Crippen LogP contribution in [0, 0.1) is 0 Å². The van der Waals surface area contributed by atoms with Gasteiger partial charge in [0.2, 0.25) is 10.0 Å². The number of benzene rings is 2. The van der Waals surface area contributed by atoms with E-state index in [0.29, 0.717) is 6.54 Å². The van der Waals surface area contributed by atoms with E-state index in [1.54, 1.807) is 25.2 Å². The molecule has 0 radical (unpaired) electrons. The lowest BCUT2D eigenvalue weighted by molar-refractivity contribution is 0.566. The fourth-order valence-electron chi connectivity index (χ4n) is 2.63. The van der Waals surface area contributed by atoms with Crippen LogP contribution in [0.4, 0.5) is 0 Å². The maximum atomic E-state index is 11.9. The molecule has 3 rings (SSSR count). The SMILES string of the molecule is CC(CNS(=O)(=O)C(C)C)c1ccc(-c2cc3ccccc3s2)cc1. The van der Waals surface area contributed by atoms with Gasteiger partial charge in [0.05, 0.1) is 5.25 Å². The lowest BCUT2D eigenvalue weighted by Gasteiger charge is -2.15. The molecule has 0 amide bonds. The number of nitrogens with one attached hydrogen (secondary N) is 1. The summed E-state index contributed by atoms with van der Waals surface area (Å²) in [6.45, 7) is 5.83. The molecule has 0 fully saturated rings. The van der Waals surface area contributed by atoms with Crippen molar-refractivity contribution in [1.29, 1.82) is 0 Å². The van der Waals surface area contributed by atoms with Crippen LogP contribution in [-0.2, 0) is 10.0 Å². The zero-order valence-corrected chi connectivity index (χ0v) is 16.3. The van der Waals surface area contributed by atoms with Gasteiger partial charge in [0.1, 0.15) is 0 Å². The minimum atomic E-state index is -3.22. The van der Waals surface area contributed by atoms with Gasteiger partial charge < -0.3 is 0 Å². The quantitative estimate of drug-likeness (QED) is 0.661. The van der Waals surface area contributed by atoms with E-state index in [1.165, 1.54) is 20.5 Å². The van der Waals surface area contributed by atoms with Crippen molar-refractivity contribution in [3.8, 4) is 10.4 Å². The second-order valence-corrected chi connectivity index (χ2v) is 10.0. The molecule has 2 aromatic carbocycles. The smallest absolute Gasteiger partial charge is 0.213 e. The average Bonchev–Trinajstić information content (AvgIpc) is 3.04. The zero-order valence-electron chi connectivity index (χ0n) is 14.7. The third kappa shape index (κ3) is 4.11. The maximum absolute atomic E-state index is 11.9. The van der Waals surface area contributed by atoms with E-state index in [-0.39, 0.29) is 5.92 Å². The first-order valence-electron chi connectivity index (χ1n) is 8.44. The minimum absolute atomic E-state index is 0.130. The summed E-state index contributed by atoms with van der Waals surface area (Å²) < 4.78 is 27.7. The van der Waals surface area contributed by atoms with Crippen LogP contribution in [0.15, 0.2) is 54.6 Å². The van der Waals surface area contributed by atoms with Gasteiger partial charge in [0.15, 0.2) is 0 Å². The van der Waals surface area contributed by atoms with Crippen molar-refractivity contribution in [1.82, 2.24) is 4.72 Å². The summed E-state index contributed by atoms with van der Waals surface area (Å²) in [5.74, 6) is 0.130. The van der Waals surface area contributed by atoms with Gasteiger partial charge in [0, 0.05) is 16.1 Å². The molecule has 1 N–H and O–H groups in total. The van der Waals surface area contributed by atoms with Gasteiger partial charge >= 0.3 is 0 Å². The summed E-state index contributed by atoms with van der Waals surface area (Å²) in [6.07, 6.45) is 0. The topological polar surface area (TPSA) is 46.2 Å². The van der Waals surface area contributed by atoms with E-state index in [1.807, 2.05) is 6.92 Å². The molecule has 25 heavy (non-hydrogen) atoms. The van der Waals surface area contributed by atoms with Crippen molar-refractivity contribution in [2.45, 2.75) is 31.9 Å². The summed E-state index contributed by atoms with van der Waals surface area (Å²) in [5.41, 5.74) is 2.33. The number of sulfonamides is 1. The Bertz CT molecular complexity index is 924. The lowest BCUT2D eigenvalue weighted by atomic mass is 10.00. The van der Waals surface area contributed by atoms with Crippen molar-refractivity contribution in [2.24, 2.45) is 0 Å². The second kappa shape index (κ2) is 7.28. The van der Waals surface area contributed by atoms with E-state index < -0.39 is 15.3 Å². The van der Waals surface area contributed by atoms with E-state index in [4.69, 9.17) is 0 Å². The molecule has 3 aromatic rings. The second-order valence-electron chi connectivity index (χ2n) is 6.61. The Labute approximate surface area is 153 Å². The average molecular weight is 374 g/mol. The Morgan fingerprint density at radius 3 is 2.32 bits per heavy atom. The Morgan fingerprint density at radius 2 is 1.68 bits per heavy atom. The van der Waals surface area contributed by atoms with E-state index in [2.05, 4.69) is 59.3 Å². The Balaban J connectivity index is 1.73. The normalized spacial score (nSPS) is 13.4. The van der Waals surface area contributed by atoms with Crippen molar-refractivity contribution < 1.29 is 8.42 Å². The first-order valence-corrected chi connectivity index (χ1v) is 10.8. The molecule has 0 aliphatic heterocycles. The lowest BCUT2D eigenvalue weighted by Crippen LogP contribution is -2.33. The van der Waals surface area contributed by atoms with Gasteiger partial charge in [-0.1, -0.05) is 49.4 Å².